The Hall–Kier alpha value is -2.27. The molecule has 0 spiro atoms. The van der Waals surface area contributed by atoms with Gasteiger partial charge in [0.05, 0.1) is 28.6 Å². The molecule has 1 aliphatic carbocycles. The first-order valence-corrected chi connectivity index (χ1v) is 13.2. The van der Waals surface area contributed by atoms with Gasteiger partial charge >= 0.3 is 12.1 Å². The molecular weight excluding hydrogens is 551 g/mol. The van der Waals surface area contributed by atoms with Crippen LogP contribution in [0.4, 0.5) is 18.9 Å². The van der Waals surface area contributed by atoms with Gasteiger partial charge in [-0.1, -0.05) is 28.9 Å². The number of alkyl halides is 3. The summed E-state index contributed by atoms with van der Waals surface area (Å²) in [5.41, 5.74) is -1.52. The zero-order chi connectivity index (χ0) is 25.9. The molecule has 2 aromatic carbocycles. The number of hydrogen-bond donors (Lipinski definition) is 0. The fourth-order valence-corrected chi connectivity index (χ4v) is 6.32. The van der Waals surface area contributed by atoms with Crippen molar-refractivity contribution >= 4 is 37.6 Å². The van der Waals surface area contributed by atoms with E-state index in [0.29, 0.717) is 10.5 Å². The number of halogens is 4. The summed E-state index contributed by atoms with van der Waals surface area (Å²) in [4.78, 5) is 12.2. The molecule has 0 saturated heterocycles. The lowest BCUT2D eigenvalue weighted by atomic mass is 10.1. The summed E-state index contributed by atoms with van der Waals surface area (Å²) in [6.45, 7) is 7.01. The molecule has 1 fully saturated rings. The molecule has 190 valence electrons. The summed E-state index contributed by atoms with van der Waals surface area (Å²) in [7, 11) is -4.38. The van der Waals surface area contributed by atoms with E-state index in [1.165, 1.54) is 0 Å². The van der Waals surface area contributed by atoms with Crippen molar-refractivity contribution in [2.45, 2.75) is 50.5 Å². The smallest absolute Gasteiger partial charge is 0.416 e. The highest BCUT2D eigenvalue weighted by molar-refractivity contribution is 9.10. The second-order valence-electron chi connectivity index (χ2n) is 9.83. The van der Waals surface area contributed by atoms with Crippen molar-refractivity contribution in [1.82, 2.24) is 0 Å². The number of nitrogens with zero attached hydrogens (tertiary/aromatic N) is 1. The highest BCUT2D eigenvalue weighted by atomic mass is 79.9. The average Bonchev–Trinajstić information content (AvgIpc) is 3.42. The third-order valence-electron chi connectivity index (χ3n) is 6.12. The first-order chi connectivity index (χ1) is 16.1. The number of hydrogen-bond acceptors (Lipinski definition) is 5. The Kier molecular flexibility index (Phi) is 6.41. The van der Waals surface area contributed by atoms with Crippen LogP contribution in [0.15, 0.2) is 51.8 Å². The average molecular weight is 576 g/mol. The SMILES string of the molecule is CC1C(C(=O)OC(C)(C)C)C1C1CN(S(=O)(=O)c2cccc(C(F)(F)F)c2)c2cc(Br)ccc2O1. The quantitative estimate of drug-likeness (QED) is 0.440. The Labute approximate surface area is 210 Å². The molecule has 4 atom stereocenters. The molecular formula is C24H25BrF3NO5S. The van der Waals surface area contributed by atoms with Crippen molar-refractivity contribution in [1.29, 1.82) is 0 Å². The van der Waals surface area contributed by atoms with Gasteiger partial charge < -0.3 is 9.47 Å². The maximum atomic E-state index is 13.6. The van der Waals surface area contributed by atoms with Gasteiger partial charge in [-0.05, 0) is 63.1 Å². The summed E-state index contributed by atoms with van der Waals surface area (Å²) in [6.07, 6.45) is -5.37. The summed E-state index contributed by atoms with van der Waals surface area (Å²) < 4.78 is 80.3. The maximum Gasteiger partial charge on any atom is 0.416 e. The van der Waals surface area contributed by atoms with E-state index in [9.17, 15) is 26.4 Å². The largest absolute Gasteiger partial charge is 0.486 e. The molecule has 0 amide bonds. The Bertz CT molecular complexity index is 1260. The topological polar surface area (TPSA) is 72.9 Å². The zero-order valence-corrected chi connectivity index (χ0v) is 21.9. The van der Waals surface area contributed by atoms with E-state index in [-0.39, 0.29) is 35.8 Å². The molecule has 0 N–H and O–H groups in total. The number of anilines is 1. The van der Waals surface area contributed by atoms with Crippen molar-refractivity contribution in [3.05, 3.63) is 52.5 Å². The molecule has 0 aromatic heterocycles. The number of rotatable bonds is 4. The minimum absolute atomic E-state index is 0.107. The molecule has 1 saturated carbocycles. The molecule has 1 aliphatic heterocycles. The van der Waals surface area contributed by atoms with E-state index in [1.807, 2.05) is 6.92 Å². The van der Waals surface area contributed by atoms with Crippen LogP contribution in [0.2, 0.25) is 0 Å². The van der Waals surface area contributed by atoms with Gasteiger partial charge in [0.25, 0.3) is 10.0 Å². The zero-order valence-electron chi connectivity index (χ0n) is 19.5. The second kappa shape index (κ2) is 8.69. The molecule has 2 aliphatic rings. The lowest BCUT2D eigenvalue weighted by Crippen LogP contribution is -2.45. The number of ether oxygens (including phenoxy) is 2. The van der Waals surface area contributed by atoms with Gasteiger partial charge in [-0.2, -0.15) is 13.2 Å². The molecule has 4 unspecified atom stereocenters. The van der Waals surface area contributed by atoms with E-state index >= 15 is 0 Å². The van der Waals surface area contributed by atoms with E-state index in [0.717, 1.165) is 22.5 Å². The first kappa shape index (κ1) is 25.8. The van der Waals surface area contributed by atoms with Gasteiger partial charge in [-0.25, -0.2) is 8.42 Å². The normalized spacial score (nSPS) is 24.4. The van der Waals surface area contributed by atoms with E-state index in [4.69, 9.17) is 9.47 Å². The van der Waals surface area contributed by atoms with Crippen LogP contribution in [0, 0.1) is 17.8 Å². The maximum absolute atomic E-state index is 13.6. The van der Waals surface area contributed by atoms with Crippen LogP contribution in [0.1, 0.15) is 33.3 Å². The molecule has 35 heavy (non-hydrogen) atoms. The van der Waals surface area contributed by atoms with Crippen molar-refractivity contribution in [2.75, 3.05) is 10.8 Å². The van der Waals surface area contributed by atoms with E-state index in [1.54, 1.807) is 39.0 Å². The van der Waals surface area contributed by atoms with Gasteiger partial charge in [-0.15, -0.1) is 0 Å². The van der Waals surface area contributed by atoms with Gasteiger partial charge in [0.15, 0.2) is 0 Å². The van der Waals surface area contributed by atoms with E-state index < -0.39 is 44.3 Å². The monoisotopic (exact) mass is 575 g/mol. The number of benzene rings is 2. The molecule has 0 radical (unpaired) electrons. The second-order valence-corrected chi connectivity index (χ2v) is 12.6. The number of esters is 1. The molecule has 11 heteroatoms. The number of carbonyl (C=O) groups is 1. The Balaban J connectivity index is 1.70. The first-order valence-electron chi connectivity index (χ1n) is 11.0. The van der Waals surface area contributed by atoms with Crippen LogP contribution < -0.4 is 9.04 Å². The highest BCUT2D eigenvalue weighted by Crippen LogP contribution is 2.53. The van der Waals surface area contributed by atoms with Crippen LogP contribution in [0.5, 0.6) is 5.75 Å². The Morgan fingerprint density at radius 2 is 1.83 bits per heavy atom. The minimum Gasteiger partial charge on any atom is -0.486 e. The lowest BCUT2D eigenvalue weighted by Gasteiger charge is -2.36. The summed E-state index contributed by atoms with van der Waals surface area (Å²) >= 11 is 3.31. The van der Waals surface area contributed by atoms with Gasteiger partial charge in [0.2, 0.25) is 0 Å². The lowest BCUT2D eigenvalue weighted by molar-refractivity contribution is -0.157. The van der Waals surface area contributed by atoms with Crippen molar-refractivity contribution in [2.24, 2.45) is 17.8 Å². The van der Waals surface area contributed by atoms with Crippen LogP contribution in [-0.4, -0.2) is 32.6 Å². The van der Waals surface area contributed by atoms with Gasteiger partial charge in [-0.3, -0.25) is 9.10 Å². The van der Waals surface area contributed by atoms with Crippen LogP contribution >= 0.6 is 15.9 Å². The minimum atomic E-state index is -4.69. The Morgan fingerprint density at radius 1 is 1.14 bits per heavy atom. The predicted molar refractivity (Wildman–Crippen MR) is 127 cm³/mol. The molecule has 2 aromatic rings. The van der Waals surface area contributed by atoms with Gasteiger partial charge in [0, 0.05) is 10.4 Å². The standard InChI is InChI=1S/C24H25BrF3NO5S/c1-13-20(21(13)22(30)34-23(2,3)4)19-12-29(17-11-15(25)8-9-18(17)33-19)35(31,32)16-7-5-6-14(10-16)24(26,27)28/h5-11,13,19-21H,12H2,1-4H3. The molecule has 1 heterocycles. The third-order valence-corrected chi connectivity index (χ3v) is 8.39. The molecule has 4 rings (SSSR count). The van der Waals surface area contributed by atoms with Crippen LogP contribution in [0.25, 0.3) is 0 Å². The number of fused-ring (bicyclic) bond motifs is 1. The van der Waals surface area contributed by atoms with Crippen molar-refractivity contribution < 1.29 is 35.9 Å². The Morgan fingerprint density at radius 3 is 2.46 bits per heavy atom. The predicted octanol–water partition coefficient (Wildman–Crippen LogP) is 5.65. The number of sulfonamides is 1. The van der Waals surface area contributed by atoms with Crippen molar-refractivity contribution in [3.63, 3.8) is 0 Å². The van der Waals surface area contributed by atoms with Crippen LogP contribution in [0.3, 0.4) is 0 Å². The van der Waals surface area contributed by atoms with Crippen molar-refractivity contribution in [3.8, 4) is 5.75 Å². The molecule has 0 bridgehead atoms. The van der Waals surface area contributed by atoms with E-state index in [2.05, 4.69) is 15.9 Å². The van der Waals surface area contributed by atoms with Gasteiger partial charge in [0.1, 0.15) is 17.5 Å². The number of carbonyl (C=O) groups excluding carboxylic acids is 1. The fraction of sp³-hybridized carbons (Fsp3) is 0.458. The third kappa shape index (κ3) is 5.16. The molecule has 6 nitrogen and oxygen atoms in total. The fourth-order valence-electron chi connectivity index (χ4n) is 4.44. The highest BCUT2D eigenvalue weighted by Gasteiger charge is 2.59. The van der Waals surface area contributed by atoms with Crippen LogP contribution in [-0.2, 0) is 25.7 Å². The summed E-state index contributed by atoms with van der Waals surface area (Å²) in [5.74, 6) is -0.991. The summed E-state index contributed by atoms with van der Waals surface area (Å²) in [6, 6.07) is 8.46. The summed E-state index contributed by atoms with van der Waals surface area (Å²) in [5, 5.41) is 0.